The fraction of sp³-hybridized carbons (Fsp3) is 0.632. The van der Waals surface area contributed by atoms with E-state index in [0.29, 0.717) is 12.8 Å². The van der Waals surface area contributed by atoms with Crippen molar-refractivity contribution in [2.75, 3.05) is 20.3 Å². The van der Waals surface area contributed by atoms with Gasteiger partial charge in [-0.15, -0.1) is 0 Å². The molecule has 4 nitrogen and oxygen atoms in total. The van der Waals surface area contributed by atoms with Crippen molar-refractivity contribution in [3.05, 3.63) is 28.8 Å². The molecule has 0 bridgehead atoms. The van der Waals surface area contributed by atoms with E-state index >= 15 is 0 Å². The summed E-state index contributed by atoms with van der Waals surface area (Å²) in [6, 6.07) is 4.27. The molecular formula is C19H30O4. The maximum Gasteiger partial charge on any atom is 0.306 e. The van der Waals surface area contributed by atoms with Crippen LogP contribution in [0.1, 0.15) is 57.2 Å². The zero-order valence-corrected chi connectivity index (χ0v) is 15.1. The number of aryl methyl sites for hydroxylation is 2. The first-order chi connectivity index (χ1) is 10.9. The van der Waals surface area contributed by atoms with Gasteiger partial charge in [0, 0.05) is 12.0 Å². The van der Waals surface area contributed by atoms with E-state index in [2.05, 4.69) is 39.8 Å². The van der Waals surface area contributed by atoms with Crippen molar-refractivity contribution in [2.45, 2.75) is 58.8 Å². The van der Waals surface area contributed by atoms with Crippen LogP contribution in [-0.4, -0.2) is 31.4 Å². The number of esters is 1. The van der Waals surface area contributed by atoms with Crippen LogP contribution >= 0.6 is 0 Å². The van der Waals surface area contributed by atoms with Crippen LogP contribution in [0.2, 0.25) is 0 Å². The number of aliphatic hydroxyl groups is 1. The minimum absolute atomic E-state index is 0.0165. The zero-order valence-electron chi connectivity index (χ0n) is 15.1. The highest BCUT2D eigenvalue weighted by atomic mass is 16.5. The Morgan fingerprint density at radius 3 is 2.48 bits per heavy atom. The lowest BCUT2D eigenvalue weighted by atomic mass is 9.79. The molecule has 0 aliphatic heterocycles. The standard InChI is InChI=1S/C19H30O4/c1-6-15-12-14(8-9-17(21)23-11-10-20)13-16(18(15)22-5)19(3,4)7-2/h12-13,20H,6-11H2,1-5H3. The zero-order chi connectivity index (χ0) is 17.5. The summed E-state index contributed by atoms with van der Waals surface area (Å²) in [5.74, 6) is 0.690. The molecule has 1 N–H and O–H groups in total. The summed E-state index contributed by atoms with van der Waals surface area (Å²) in [5, 5.41) is 8.69. The Hall–Kier alpha value is -1.55. The van der Waals surface area contributed by atoms with Gasteiger partial charge in [0.05, 0.1) is 13.7 Å². The molecular weight excluding hydrogens is 292 g/mol. The first kappa shape index (κ1) is 19.5. The Labute approximate surface area is 139 Å². The van der Waals surface area contributed by atoms with E-state index in [4.69, 9.17) is 14.6 Å². The van der Waals surface area contributed by atoms with Gasteiger partial charge in [0.15, 0.2) is 0 Å². The normalized spacial score (nSPS) is 11.4. The summed E-state index contributed by atoms with van der Waals surface area (Å²) in [6.45, 7) is 8.63. The molecule has 0 aromatic heterocycles. The summed E-state index contributed by atoms with van der Waals surface area (Å²) in [6.07, 6.45) is 2.85. The predicted octanol–water partition coefficient (Wildman–Crippen LogP) is 3.41. The van der Waals surface area contributed by atoms with Crippen molar-refractivity contribution in [3.8, 4) is 5.75 Å². The number of hydrogen-bond acceptors (Lipinski definition) is 4. The molecule has 0 saturated carbocycles. The van der Waals surface area contributed by atoms with Gasteiger partial charge in [-0.2, -0.15) is 0 Å². The fourth-order valence-corrected chi connectivity index (χ4v) is 2.57. The summed E-state index contributed by atoms with van der Waals surface area (Å²) in [4.78, 5) is 11.6. The van der Waals surface area contributed by atoms with Crippen LogP contribution in [0.15, 0.2) is 12.1 Å². The molecule has 130 valence electrons. The third kappa shape index (κ3) is 5.24. The van der Waals surface area contributed by atoms with Crippen LogP contribution in [0.5, 0.6) is 5.75 Å². The van der Waals surface area contributed by atoms with Crippen LogP contribution < -0.4 is 4.74 Å². The number of ether oxygens (including phenoxy) is 2. The van der Waals surface area contributed by atoms with Crippen molar-refractivity contribution < 1.29 is 19.4 Å². The lowest BCUT2D eigenvalue weighted by Gasteiger charge is -2.28. The number of benzene rings is 1. The summed E-state index contributed by atoms with van der Waals surface area (Å²) in [5.41, 5.74) is 3.51. The summed E-state index contributed by atoms with van der Waals surface area (Å²) < 4.78 is 10.6. The van der Waals surface area contributed by atoms with Crippen molar-refractivity contribution in [2.24, 2.45) is 0 Å². The van der Waals surface area contributed by atoms with Gasteiger partial charge in [-0.3, -0.25) is 4.79 Å². The molecule has 4 heteroatoms. The van der Waals surface area contributed by atoms with E-state index in [1.807, 2.05) is 0 Å². The Morgan fingerprint density at radius 1 is 1.26 bits per heavy atom. The highest BCUT2D eigenvalue weighted by Crippen LogP contribution is 2.38. The highest BCUT2D eigenvalue weighted by Gasteiger charge is 2.25. The molecule has 0 unspecified atom stereocenters. The molecule has 0 fully saturated rings. The van der Waals surface area contributed by atoms with Gasteiger partial charge in [-0.25, -0.2) is 0 Å². The number of carbonyl (C=O) groups is 1. The highest BCUT2D eigenvalue weighted by molar-refractivity contribution is 5.69. The maximum atomic E-state index is 11.6. The molecule has 0 aliphatic rings. The van der Waals surface area contributed by atoms with Gasteiger partial charge in [-0.1, -0.05) is 39.8 Å². The first-order valence-corrected chi connectivity index (χ1v) is 8.36. The number of rotatable bonds is 9. The van der Waals surface area contributed by atoms with Gasteiger partial charge in [-0.05, 0) is 35.8 Å². The second-order valence-electron chi connectivity index (χ2n) is 6.37. The largest absolute Gasteiger partial charge is 0.496 e. The Balaban J connectivity index is 3.05. The topological polar surface area (TPSA) is 55.8 Å². The van der Waals surface area contributed by atoms with Crippen LogP contribution in [0, 0.1) is 0 Å². The molecule has 23 heavy (non-hydrogen) atoms. The molecule has 0 spiro atoms. The molecule has 0 aliphatic carbocycles. The third-order valence-electron chi connectivity index (χ3n) is 4.40. The van der Waals surface area contributed by atoms with Gasteiger partial charge >= 0.3 is 5.97 Å². The number of aliphatic hydroxyl groups excluding tert-OH is 1. The molecule has 0 amide bonds. The van der Waals surface area contributed by atoms with Crippen LogP contribution in [-0.2, 0) is 27.8 Å². The first-order valence-electron chi connectivity index (χ1n) is 8.36. The average molecular weight is 322 g/mol. The van der Waals surface area contributed by atoms with Crippen LogP contribution in [0.4, 0.5) is 0 Å². The molecule has 1 aromatic rings. The Kier molecular flexibility index (Phi) is 7.56. The molecule has 1 aromatic carbocycles. The number of hydrogen-bond donors (Lipinski definition) is 1. The average Bonchev–Trinajstić information content (AvgIpc) is 2.56. The molecule has 0 radical (unpaired) electrons. The van der Waals surface area contributed by atoms with Crippen molar-refractivity contribution in [1.82, 2.24) is 0 Å². The lowest BCUT2D eigenvalue weighted by Crippen LogP contribution is -2.18. The van der Waals surface area contributed by atoms with Gasteiger partial charge in [0.2, 0.25) is 0 Å². The smallest absolute Gasteiger partial charge is 0.306 e. The second kappa shape index (κ2) is 8.92. The predicted molar refractivity (Wildman–Crippen MR) is 92.1 cm³/mol. The van der Waals surface area contributed by atoms with Crippen molar-refractivity contribution in [3.63, 3.8) is 0 Å². The monoisotopic (exact) mass is 322 g/mol. The van der Waals surface area contributed by atoms with E-state index in [-0.39, 0.29) is 24.6 Å². The molecule has 0 atom stereocenters. The quantitative estimate of drug-likeness (QED) is 0.708. The van der Waals surface area contributed by atoms with E-state index < -0.39 is 0 Å². The summed E-state index contributed by atoms with van der Waals surface area (Å²) in [7, 11) is 1.72. The second-order valence-corrected chi connectivity index (χ2v) is 6.37. The van der Waals surface area contributed by atoms with Crippen LogP contribution in [0.3, 0.4) is 0 Å². The van der Waals surface area contributed by atoms with E-state index in [9.17, 15) is 4.79 Å². The molecule has 0 saturated heterocycles. The SMILES string of the molecule is CCc1cc(CCC(=O)OCCO)cc(C(C)(C)CC)c1OC. The maximum absolute atomic E-state index is 11.6. The lowest BCUT2D eigenvalue weighted by molar-refractivity contribution is -0.144. The van der Waals surface area contributed by atoms with Crippen molar-refractivity contribution in [1.29, 1.82) is 0 Å². The van der Waals surface area contributed by atoms with Crippen molar-refractivity contribution >= 4 is 5.97 Å². The minimum atomic E-state index is -0.274. The third-order valence-corrected chi connectivity index (χ3v) is 4.40. The fourth-order valence-electron chi connectivity index (χ4n) is 2.57. The Morgan fingerprint density at radius 2 is 1.96 bits per heavy atom. The molecule has 1 rings (SSSR count). The number of carbonyl (C=O) groups excluding carboxylic acids is 1. The van der Waals surface area contributed by atoms with E-state index in [0.717, 1.165) is 24.2 Å². The minimum Gasteiger partial charge on any atom is -0.496 e. The molecule has 0 heterocycles. The summed E-state index contributed by atoms with van der Waals surface area (Å²) >= 11 is 0. The Bertz CT molecular complexity index is 520. The van der Waals surface area contributed by atoms with Gasteiger partial charge in [0.25, 0.3) is 0 Å². The van der Waals surface area contributed by atoms with E-state index in [1.54, 1.807) is 7.11 Å². The van der Waals surface area contributed by atoms with E-state index in [1.165, 1.54) is 11.1 Å². The van der Waals surface area contributed by atoms with Gasteiger partial charge < -0.3 is 14.6 Å². The van der Waals surface area contributed by atoms with Gasteiger partial charge in [0.1, 0.15) is 12.4 Å². The van der Waals surface area contributed by atoms with Crippen LogP contribution in [0.25, 0.3) is 0 Å². The number of methoxy groups -OCH3 is 1.